The summed E-state index contributed by atoms with van der Waals surface area (Å²) in [6, 6.07) is 11.4. The van der Waals surface area contributed by atoms with E-state index in [1.54, 1.807) is 36.4 Å². The van der Waals surface area contributed by atoms with Crippen LogP contribution in [0.15, 0.2) is 42.5 Å². The Bertz CT molecular complexity index is 873. The van der Waals surface area contributed by atoms with E-state index in [-0.39, 0.29) is 17.7 Å². The summed E-state index contributed by atoms with van der Waals surface area (Å²) in [4.78, 5) is 25.6. The number of hydrogen-bond acceptors (Lipinski definition) is 4. The smallest absolute Gasteiger partial charge is 0.251 e. The number of halogens is 1. The summed E-state index contributed by atoms with van der Waals surface area (Å²) in [5.74, 6) is 0.398. The van der Waals surface area contributed by atoms with Gasteiger partial charge in [0.05, 0.1) is 23.9 Å². The van der Waals surface area contributed by atoms with E-state index in [0.717, 1.165) is 12.8 Å². The number of carbonyl (C=O) groups excluding carboxylic acids is 2. The van der Waals surface area contributed by atoms with E-state index in [4.69, 9.17) is 21.1 Å². The molecule has 154 valence electrons. The van der Waals surface area contributed by atoms with Crippen LogP contribution in [0.25, 0.3) is 0 Å². The summed E-state index contributed by atoms with van der Waals surface area (Å²) in [6.45, 7) is 4.98. The van der Waals surface area contributed by atoms with Gasteiger partial charge in [0.15, 0.2) is 11.5 Å². The molecule has 1 heterocycles. The van der Waals surface area contributed by atoms with Crippen molar-refractivity contribution in [2.24, 2.45) is 5.92 Å². The van der Waals surface area contributed by atoms with E-state index in [2.05, 4.69) is 10.6 Å². The number of ether oxygens (including phenoxy) is 2. The highest BCUT2D eigenvalue weighted by molar-refractivity contribution is 6.34. The van der Waals surface area contributed by atoms with Crippen LogP contribution in [0.2, 0.25) is 5.02 Å². The summed E-state index contributed by atoms with van der Waals surface area (Å²) in [5, 5.41) is 6.02. The van der Waals surface area contributed by atoms with Gasteiger partial charge in [-0.15, -0.1) is 0 Å². The van der Waals surface area contributed by atoms with Gasteiger partial charge in [0.1, 0.15) is 6.04 Å². The molecular formula is C22H25ClN2O4. The van der Waals surface area contributed by atoms with Crippen molar-refractivity contribution < 1.29 is 19.1 Å². The molecule has 7 heteroatoms. The molecule has 3 rings (SSSR count). The molecule has 2 aromatic rings. The zero-order valence-corrected chi connectivity index (χ0v) is 17.3. The molecular weight excluding hydrogens is 392 g/mol. The van der Waals surface area contributed by atoms with E-state index in [1.807, 2.05) is 19.9 Å². The van der Waals surface area contributed by atoms with Gasteiger partial charge in [-0.05, 0) is 18.1 Å². The second-order valence-electron chi connectivity index (χ2n) is 7.02. The molecule has 0 radical (unpaired) electrons. The summed E-state index contributed by atoms with van der Waals surface area (Å²) in [5.41, 5.74) is 0.922. The Morgan fingerprint density at radius 3 is 2.41 bits per heavy atom. The van der Waals surface area contributed by atoms with Crippen molar-refractivity contribution in [2.75, 3.05) is 18.5 Å². The van der Waals surface area contributed by atoms with E-state index < -0.39 is 6.04 Å². The van der Waals surface area contributed by atoms with E-state index in [1.165, 1.54) is 0 Å². The molecule has 1 aliphatic heterocycles. The van der Waals surface area contributed by atoms with Crippen molar-refractivity contribution in [1.29, 1.82) is 0 Å². The van der Waals surface area contributed by atoms with Gasteiger partial charge in [-0.2, -0.15) is 0 Å². The second kappa shape index (κ2) is 9.65. The van der Waals surface area contributed by atoms with Crippen molar-refractivity contribution in [3.63, 3.8) is 0 Å². The Hall–Kier alpha value is -2.73. The first-order valence-corrected chi connectivity index (χ1v) is 10.1. The second-order valence-corrected chi connectivity index (χ2v) is 7.43. The maximum atomic E-state index is 13.0. The lowest BCUT2D eigenvalue weighted by molar-refractivity contribution is -0.119. The minimum Gasteiger partial charge on any atom is -0.490 e. The molecule has 0 aliphatic carbocycles. The van der Waals surface area contributed by atoms with Crippen LogP contribution in [0, 0.1) is 5.92 Å². The van der Waals surface area contributed by atoms with Crippen LogP contribution in [-0.4, -0.2) is 31.1 Å². The number of rotatable bonds is 6. The molecule has 2 amide bonds. The Labute approximate surface area is 175 Å². The predicted octanol–water partition coefficient (Wildman–Crippen LogP) is 4.28. The van der Waals surface area contributed by atoms with Crippen molar-refractivity contribution in [3.05, 3.63) is 53.1 Å². The van der Waals surface area contributed by atoms with Crippen molar-refractivity contribution >= 4 is 29.1 Å². The summed E-state index contributed by atoms with van der Waals surface area (Å²) < 4.78 is 11.3. The van der Waals surface area contributed by atoms with E-state index >= 15 is 0 Å². The number of anilines is 1. The molecule has 2 aromatic carbocycles. The van der Waals surface area contributed by atoms with Gasteiger partial charge in [0.25, 0.3) is 5.91 Å². The number of amides is 2. The third kappa shape index (κ3) is 5.21. The highest BCUT2D eigenvalue weighted by Crippen LogP contribution is 2.37. The molecule has 2 atom stereocenters. The van der Waals surface area contributed by atoms with Crippen LogP contribution in [0.1, 0.15) is 37.0 Å². The van der Waals surface area contributed by atoms with Crippen molar-refractivity contribution in [1.82, 2.24) is 5.32 Å². The fourth-order valence-corrected chi connectivity index (χ4v) is 3.21. The van der Waals surface area contributed by atoms with Crippen LogP contribution < -0.4 is 20.1 Å². The molecule has 29 heavy (non-hydrogen) atoms. The molecule has 0 fully saturated rings. The number of fused-ring (bicyclic) bond motifs is 1. The minimum atomic E-state index is -0.709. The summed E-state index contributed by atoms with van der Waals surface area (Å²) in [7, 11) is 0. The Morgan fingerprint density at radius 1 is 1.10 bits per heavy atom. The van der Waals surface area contributed by atoms with Crippen LogP contribution in [0.3, 0.4) is 0 Å². The predicted molar refractivity (Wildman–Crippen MR) is 113 cm³/mol. The SMILES string of the molecule is CCC(C)C(NC(=O)c1ccccc1)C(=O)Nc1cc2c(cc1Cl)OCCCO2. The molecule has 0 spiro atoms. The average molecular weight is 417 g/mol. The summed E-state index contributed by atoms with van der Waals surface area (Å²) >= 11 is 6.34. The maximum absolute atomic E-state index is 13.0. The quantitative estimate of drug-likeness (QED) is 0.736. The summed E-state index contributed by atoms with van der Waals surface area (Å²) in [6.07, 6.45) is 1.50. The fourth-order valence-electron chi connectivity index (χ4n) is 3.01. The van der Waals surface area contributed by atoms with Crippen molar-refractivity contribution in [3.8, 4) is 11.5 Å². The molecule has 2 N–H and O–H groups in total. The van der Waals surface area contributed by atoms with E-state index in [0.29, 0.717) is 41.0 Å². The fraction of sp³-hybridized carbons (Fsp3) is 0.364. The van der Waals surface area contributed by atoms with Gasteiger partial charge in [0, 0.05) is 24.1 Å². The Kier molecular flexibility index (Phi) is 6.99. The lowest BCUT2D eigenvalue weighted by atomic mass is 9.97. The van der Waals surface area contributed by atoms with Gasteiger partial charge < -0.3 is 20.1 Å². The standard InChI is InChI=1S/C22H25ClN2O4/c1-3-14(2)20(25-21(26)15-8-5-4-6-9-15)22(27)24-17-13-19-18(12-16(17)23)28-10-7-11-29-19/h4-6,8-9,12-14,20H,3,7,10-11H2,1-2H3,(H,24,27)(H,25,26). The van der Waals surface area contributed by atoms with Crippen LogP contribution in [0.5, 0.6) is 11.5 Å². The highest BCUT2D eigenvalue weighted by atomic mass is 35.5. The highest BCUT2D eigenvalue weighted by Gasteiger charge is 2.27. The molecule has 1 aliphatic rings. The monoisotopic (exact) mass is 416 g/mol. The lowest BCUT2D eigenvalue weighted by Gasteiger charge is -2.24. The zero-order chi connectivity index (χ0) is 20.8. The number of hydrogen-bond donors (Lipinski definition) is 2. The first-order chi connectivity index (χ1) is 14.0. The first kappa shape index (κ1) is 21.0. The third-order valence-electron chi connectivity index (χ3n) is 4.91. The molecule has 0 saturated carbocycles. The molecule has 6 nitrogen and oxygen atoms in total. The lowest BCUT2D eigenvalue weighted by Crippen LogP contribution is -2.47. The molecule has 0 bridgehead atoms. The first-order valence-electron chi connectivity index (χ1n) is 9.75. The van der Waals surface area contributed by atoms with Crippen molar-refractivity contribution in [2.45, 2.75) is 32.7 Å². The normalized spacial score (nSPS) is 15.0. The van der Waals surface area contributed by atoms with Crippen LogP contribution >= 0.6 is 11.6 Å². The Morgan fingerprint density at radius 2 is 1.76 bits per heavy atom. The van der Waals surface area contributed by atoms with Gasteiger partial charge in [0.2, 0.25) is 5.91 Å². The third-order valence-corrected chi connectivity index (χ3v) is 5.23. The Balaban J connectivity index is 1.78. The van der Waals surface area contributed by atoms with Crippen LogP contribution in [0.4, 0.5) is 5.69 Å². The van der Waals surface area contributed by atoms with Crippen LogP contribution in [-0.2, 0) is 4.79 Å². The minimum absolute atomic E-state index is 0.0677. The number of nitrogens with one attached hydrogen (secondary N) is 2. The van der Waals surface area contributed by atoms with Gasteiger partial charge in [-0.25, -0.2) is 0 Å². The molecule has 0 saturated heterocycles. The average Bonchev–Trinajstić information content (AvgIpc) is 2.97. The molecule has 2 unspecified atom stereocenters. The number of carbonyl (C=O) groups is 2. The van der Waals surface area contributed by atoms with Gasteiger partial charge >= 0.3 is 0 Å². The maximum Gasteiger partial charge on any atom is 0.251 e. The van der Waals surface area contributed by atoms with Gasteiger partial charge in [-0.3, -0.25) is 9.59 Å². The topological polar surface area (TPSA) is 76.7 Å². The zero-order valence-electron chi connectivity index (χ0n) is 16.5. The number of benzene rings is 2. The largest absolute Gasteiger partial charge is 0.490 e. The molecule has 0 aromatic heterocycles. The van der Waals surface area contributed by atoms with E-state index in [9.17, 15) is 9.59 Å². The van der Waals surface area contributed by atoms with Gasteiger partial charge in [-0.1, -0.05) is 50.1 Å².